The van der Waals surface area contributed by atoms with Crippen molar-refractivity contribution in [3.63, 3.8) is 0 Å². The Morgan fingerprint density at radius 1 is 1.05 bits per heavy atom. The van der Waals surface area contributed by atoms with E-state index >= 15 is 0 Å². The summed E-state index contributed by atoms with van der Waals surface area (Å²) in [6.07, 6.45) is 1.35. The van der Waals surface area contributed by atoms with Crippen LogP contribution in [0.15, 0.2) is 24.3 Å². The summed E-state index contributed by atoms with van der Waals surface area (Å²) in [7, 11) is 1.60. The van der Waals surface area contributed by atoms with Crippen molar-refractivity contribution in [2.45, 2.75) is 19.8 Å². The minimum Gasteiger partial charge on any atom is -0.497 e. The highest BCUT2D eigenvalue weighted by Crippen LogP contribution is 2.14. The molecule has 0 unspecified atom stereocenters. The van der Waals surface area contributed by atoms with Crippen molar-refractivity contribution in [2.75, 3.05) is 33.3 Å². The summed E-state index contributed by atoms with van der Waals surface area (Å²) < 4.78 is 5.10. The molecule has 0 aliphatic carbocycles. The molecule has 1 aliphatic heterocycles. The van der Waals surface area contributed by atoms with E-state index in [1.807, 2.05) is 16.7 Å². The molecule has 114 valence electrons. The van der Waals surface area contributed by atoms with Crippen molar-refractivity contribution in [1.29, 1.82) is 0 Å². The van der Waals surface area contributed by atoms with Crippen LogP contribution in [0.2, 0.25) is 0 Å². The molecular weight excluding hydrogens is 268 g/mol. The highest BCUT2D eigenvalue weighted by Gasteiger charge is 2.21. The van der Waals surface area contributed by atoms with Crippen molar-refractivity contribution >= 4 is 11.8 Å². The number of rotatable bonds is 3. The Bertz CT molecular complexity index is 499. The molecule has 1 fully saturated rings. The third-order valence-corrected chi connectivity index (χ3v) is 3.78. The number of nitrogens with zero attached hydrogens (tertiary/aromatic N) is 2. The maximum Gasteiger partial charge on any atom is 0.253 e. The molecule has 5 heteroatoms. The molecule has 0 bridgehead atoms. The Balaban J connectivity index is 2.00. The average Bonchev–Trinajstić information content (AvgIpc) is 2.79. The van der Waals surface area contributed by atoms with Gasteiger partial charge in [-0.05, 0) is 30.7 Å². The first-order valence-corrected chi connectivity index (χ1v) is 7.36. The fraction of sp³-hybridized carbons (Fsp3) is 0.500. The summed E-state index contributed by atoms with van der Waals surface area (Å²) in [6, 6.07) is 7.14. The fourth-order valence-electron chi connectivity index (χ4n) is 2.51. The van der Waals surface area contributed by atoms with Crippen LogP contribution >= 0.6 is 0 Å². The fourth-order valence-corrected chi connectivity index (χ4v) is 2.51. The summed E-state index contributed by atoms with van der Waals surface area (Å²) >= 11 is 0. The van der Waals surface area contributed by atoms with Crippen LogP contribution in [0.5, 0.6) is 5.75 Å². The van der Waals surface area contributed by atoms with E-state index in [9.17, 15) is 9.59 Å². The molecule has 1 aromatic carbocycles. The monoisotopic (exact) mass is 290 g/mol. The summed E-state index contributed by atoms with van der Waals surface area (Å²) in [5, 5.41) is 0. The van der Waals surface area contributed by atoms with Gasteiger partial charge >= 0.3 is 0 Å². The zero-order valence-corrected chi connectivity index (χ0v) is 12.7. The maximum atomic E-state index is 12.5. The molecule has 1 saturated heterocycles. The second-order valence-electron chi connectivity index (χ2n) is 5.11. The zero-order chi connectivity index (χ0) is 15.2. The van der Waals surface area contributed by atoms with Crippen molar-refractivity contribution in [3.8, 4) is 5.75 Å². The molecule has 0 N–H and O–H groups in total. The standard InChI is InChI=1S/C16H22N2O3/c1-3-15(19)17-9-4-10-18(12-11-17)16(20)13-5-7-14(21-2)8-6-13/h5-8H,3-4,9-12H2,1-2H3. The summed E-state index contributed by atoms with van der Waals surface area (Å²) in [5.74, 6) is 0.916. The molecule has 21 heavy (non-hydrogen) atoms. The number of hydrogen-bond acceptors (Lipinski definition) is 3. The predicted molar refractivity (Wildman–Crippen MR) is 80.4 cm³/mol. The number of methoxy groups -OCH3 is 1. The van der Waals surface area contributed by atoms with Gasteiger partial charge in [-0.2, -0.15) is 0 Å². The third kappa shape index (κ3) is 3.74. The van der Waals surface area contributed by atoms with Crippen molar-refractivity contribution in [3.05, 3.63) is 29.8 Å². The van der Waals surface area contributed by atoms with Crippen LogP contribution in [0.3, 0.4) is 0 Å². The van der Waals surface area contributed by atoms with Crippen LogP contribution in [0.1, 0.15) is 30.1 Å². The molecular formula is C16H22N2O3. The smallest absolute Gasteiger partial charge is 0.253 e. The highest BCUT2D eigenvalue weighted by molar-refractivity contribution is 5.94. The molecule has 0 aromatic heterocycles. The highest BCUT2D eigenvalue weighted by atomic mass is 16.5. The number of carbonyl (C=O) groups excluding carboxylic acids is 2. The third-order valence-electron chi connectivity index (χ3n) is 3.78. The second-order valence-corrected chi connectivity index (χ2v) is 5.11. The first kappa shape index (κ1) is 15.4. The lowest BCUT2D eigenvalue weighted by atomic mass is 10.2. The minimum absolute atomic E-state index is 0.0171. The normalized spacial score (nSPS) is 15.5. The van der Waals surface area contributed by atoms with Crippen molar-refractivity contribution < 1.29 is 14.3 Å². The molecule has 0 saturated carbocycles. The van der Waals surface area contributed by atoms with Gasteiger partial charge in [0.1, 0.15) is 5.75 Å². The predicted octanol–water partition coefficient (Wildman–Crippen LogP) is 1.78. The van der Waals surface area contributed by atoms with Crippen LogP contribution in [0.4, 0.5) is 0 Å². The van der Waals surface area contributed by atoms with E-state index < -0.39 is 0 Å². The first-order chi connectivity index (χ1) is 10.2. The second kappa shape index (κ2) is 7.11. The molecule has 0 atom stereocenters. The SMILES string of the molecule is CCC(=O)N1CCCN(C(=O)c2ccc(OC)cc2)CC1. The van der Waals surface area contributed by atoms with Crippen LogP contribution in [0, 0.1) is 0 Å². The lowest BCUT2D eigenvalue weighted by molar-refractivity contribution is -0.130. The van der Waals surface area contributed by atoms with Crippen LogP contribution < -0.4 is 4.74 Å². The van der Waals surface area contributed by atoms with Gasteiger partial charge in [0.15, 0.2) is 0 Å². The van der Waals surface area contributed by atoms with Gasteiger partial charge in [-0.15, -0.1) is 0 Å². The van der Waals surface area contributed by atoms with Crippen molar-refractivity contribution in [2.24, 2.45) is 0 Å². The molecule has 1 aromatic rings. The summed E-state index contributed by atoms with van der Waals surface area (Å²) in [4.78, 5) is 27.9. The molecule has 1 aliphatic rings. The van der Waals surface area contributed by atoms with Gasteiger partial charge < -0.3 is 14.5 Å². The van der Waals surface area contributed by atoms with Gasteiger partial charge in [-0.25, -0.2) is 0 Å². The number of hydrogen-bond donors (Lipinski definition) is 0. The molecule has 2 amide bonds. The van der Waals surface area contributed by atoms with Gasteiger partial charge in [0.25, 0.3) is 5.91 Å². The Kier molecular flexibility index (Phi) is 5.20. The van der Waals surface area contributed by atoms with E-state index in [-0.39, 0.29) is 11.8 Å². The van der Waals surface area contributed by atoms with Gasteiger partial charge in [0, 0.05) is 38.2 Å². The zero-order valence-electron chi connectivity index (χ0n) is 12.7. The van der Waals surface area contributed by atoms with E-state index in [0.29, 0.717) is 31.6 Å². The maximum absolute atomic E-state index is 12.5. The van der Waals surface area contributed by atoms with Gasteiger partial charge in [0.05, 0.1) is 7.11 Å². The van der Waals surface area contributed by atoms with Gasteiger partial charge in [-0.1, -0.05) is 6.92 Å². The van der Waals surface area contributed by atoms with Gasteiger partial charge in [0.2, 0.25) is 5.91 Å². The minimum atomic E-state index is 0.0171. The summed E-state index contributed by atoms with van der Waals surface area (Å²) in [6.45, 7) is 4.51. The van der Waals surface area contributed by atoms with E-state index in [4.69, 9.17) is 4.74 Å². The molecule has 5 nitrogen and oxygen atoms in total. The quantitative estimate of drug-likeness (QED) is 0.852. The lowest BCUT2D eigenvalue weighted by Crippen LogP contribution is -2.37. The number of benzene rings is 1. The van der Waals surface area contributed by atoms with Gasteiger partial charge in [-0.3, -0.25) is 9.59 Å². The largest absolute Gasteiger partial charge is 0.497 e. The number of ether oxygens (including phenoxy) is 1. The van der Waals surface area contributed by atoms with E-state index in [1.165, 1.54) is 0 Å². The van der Waals surface area contributed by atoms with Crippen LogP contribution in [-0.4, -0.2) is 54.9 Å². The van der Waals surface area contributed by atoms with Crippen LogP contribution in [0.25, 0.3) is 0 Å². The lowest BCUT2D eigenvalue weighted by Gasteiger charge is -2.22. The Hall–Kier alpha value is -2.04. The Labute approximate surface area is 125 Å². The first-order valence-electron chi connectivity index (χ1n) is 7.36. The molecule has 2 rings (SSSR count). The van der Waals surface area contributed by atoms with Crippen molar-refractivity contribution in [1.82, 2.24) is 9.80 Å². The topological polar surface area (TPSA) is 49.9 Å². The van der Waals surface area contributed by atoms with E-state index in [1.54, 1.807) is 31.4 Å². The summed E-state index contributed by atoms with van der Waals surface area (Å²) in [5.41, 5.74) is 0.658. The average molecular weight is 290 g/mol. The number of carbonyl (C=O) groups is 2. The van der Waals surface area contributed by atoms with Crippen LogP contribution in [-0.2, 0) is 4.79 Å². The Morgan fingerprint density at radius 2 is 1.67 bits per heavy atom. The molecule has 0 spiro atoms. The number of amides is 2. The van der Waals surface area contributed by atoms with E-state index in [2.05, 4.69) is 0 Å². The molecule has 0 radical (unpaired) electrons. The van der Waals surface area contributed by atoms with E-state index in [0.717, 1.165) is 18.7 Å². The molecule has 1 heterocycles. The Morgan fingerprint density at radius 3 is 2.29 bits per heavy atom.